The summed E-state index contributed by atoms with van der Waals surface area (Å²) >= 11 is 0. The van der Waals surface area contributed by atoms with Crippen molar-refractivity contribution in [3.8, 4) is 11.3 Å². The maximum absolute atomic E-state index is 13.6. The van der Waals surface area contributed by atoms with Gasteiger partial charge < -0.3 is 10.2 Å². The monoisotopic (exact) mass is 438 g/mol. The number of fused-ring (bicyclic) bond motifs is 1. The molecule has 1 aromatic carbocycles. The van der Waals surface area contributed by atoms with E-state index in [2.05, 4.69) is 13.8 Å². The molecule has 2 N–H and O–H groups in total. The zero-order chi connectivity index (χ0) is 23.4. The third-order valence-corrected chi connectivity index (χ3v) is 5.28. The number of carbonyl (C=O) groups is 2. The molecular weight excluding hydrogens is 411 g/mol. The predicted molar refractivity (Wildman–Crippen MR) is 121 cm³/mol. The van der Waals surface area contributed by atoms with E-state index in [0.717, 1.165) is 34.3 Å². The molecule has 0 amide bonds. The van der Waals surface area contributed by atoms with Crippen molar-refractivity contribution < 1.29 is 24.2 Å². The first-order valence-electron chi connectivity index (χ1n) is 10.6. The van der Waals surface area contributed by atoms with Gasteiger partial charge in [-0.2, -0.15) is 5.10 Å². The zero-order valence-electron chi connectivity index (χ0n) is 18.4. The first-order chi connectivity index (χ1) is 15.2. The van der Waals surface area contributed by atoms with Crippen LogP contribution in [0.4, 0.5) is 4.39 Å². The van der Waals surface area contributed by atoms with Crippen LogP contribution < -0.4 is 0 Å². The Morgan fingerprint density at radius 1 is 1.16 bits per heavy atom. The molecule has 32 heavy (non-hydrogen) atoms. The number of carbonyl (C=O) groups excluding carboxylic acids is 1. The van der Waals surface area contributed by atoms with Crippen LogP contribution in [0.15, 0.2) is 42.5 Å². The van der Waals surface area contributed by atoms with Gasteiger partial charge >= 0.3 is 5.97 Å². The molecule has 0 radical (unpaired) electrons. The van der Waals surface area contributed by atoms with Gasteiger partial charge in [0.25, 0.3) is 0 Å². The Bertz CT molecular complexity index is 1160. The van der Waals surface area contributed by atoms with Crippen LogP contribution in [0.25, 0.3) is 22.9 Å². The molecule has 2 aromatic heterocycles. The minimum atomic E-state index is -1.22. The van der Waals surface area contributed by atoms with Gasteiger partial charge in [-0.15, -0.1) is 0 Å². The number of rotatable bonds is 9. The molecule has 0 spiro atoms. The molecule has 1 atom stereocenters. The highest BCUT2D eigenvalue weighted by molar-refractivity contribution is 5.95. The summed E-state index contributed by atoms with van der Waals surface area (Å²) in [4.78, 5) is 22.5. The number of nitrogens with zero attached hydrogens (tertiary/aromatic N) is 2. The molecule has 0 fully saturated rings. The number of hydrogen-bond acceptors (Lipinski definition) is 4. The van der Waals surface area contributed by atoms with Gasteiger partial charge in [0.2, 0.25) is 0 Å². The van der Waals surface area contributed by atoms with Gasteiger partial charge in [-0.05, 0) is 54.3 Å². The minimum Gasteiger partial charge on any atom is -0.481 e. The predicted octanol–water partition coefficient (Wildman–Crippen LogP) is 4.63. The van der Waals surface area contributed by atoms with Gasteiger partial charge in [-0.25, -0.2) is 8.91 Å². The highest BCUT2D eigenvalue weighted by Crippen LogP contribution is 2.34. The Labute approximate surface area is 186 Å². The summed E-state index contributed by atoms with van der Waals surface area (Å²) < 4.78 is 15.5. The molecule has 2 heterocycles. The van der Waals surface area contributed by atoms with Crippen LogP contribution in [0.5, 0.6) is 0 Å². The lowest BCUT2D eigenvalue weighted by Crippen LogP contribution is -2.14. The minimum absolute atomic E-state index is 0.115. The van der Waals surface area contributed by atoms with Crippen molar-refractivity contribution in [3.63, 3.8) is 0 Å². The normalized spacial score (nSPS) is 12.7. The standard InChI is InChI=1S/C25H27FN2O4/c1-4-18-9-12-22-24(15(2)3)21(11-10-19(29)13-20(30)14-23(31)32)25(27-28(18)22)16-5-7-17(26)8-6-16/h5-12,15,19,29H,4,13-14H2,1-3H3,(H,31,32). The number of carboxylic acids is 1. The van der Waals surface area contributed by atoms with E-state index in [1.54, 1.807) is 18.2 Å². The quantitative estimate of drug-likeness (QED) is 0.475. The van der Waals surface area contributed by atoms with Gasteiger partial charge in [0.05, 0.1) is 17.3 Å². The van der Waals surface area contributed by atoms with Crippen LogP contribution in [0.2, 0.25) is 0 Å². The van der Waals surface area contributed by atoms with Crippen molar-refractivity contribution in [2.45, 2.75) is 52.1 Å². The van der Waals surface area contributed by atoms with Crippen molar-refractivity contribution in [2.24, 2.45) is 0 Å². The van der Waals surface area contributed by atoms with Crippen molar-refractivity contribution >= 4 is 23.3 Å². The first kappa shape index (κ1) is 23.3. The van der Waals surface area contributed by atoms with Crippen molar-refractivity contribution in [3.05, 3.63) is 65.1 Å². The average molecular weight is 438 g/mol. The number of aliphatic hydroxyl groups is 1. The lowest BCUT2D eigenvalue weighted by Gasteiger charge is -2.18. The van der Waals surface area contributed by atoms with Gasteiger partial charge in [0, 0.05) is 23.2 Å². The van der Waals surface area contributed by atoms with E-state index in [1.807, 2.05) is 23.6 Å². The van der Waals surface area contributed by atoms with Crippen LogP contribution in [0.3, 0.4) is 0 Å². The van der Waals surface area contributed by atoms with Crippen molar-refractivity contribution in [2.75, 3.05) is 0 Å². The highest BCUT2D eigenvalue weighted by Gasteiger charge is 2.20. The fraction of sp³-hybridized carbons (Fsp3) is 0.320. The maximum Gasteiger partial charge on any atom is 0.310 e. The molecule has 1 unspecified atom stereocenters. The highest BCUT2D eigenvalue weighted by atomic mass is 19.1. The molecular formula is C25H27FN2O4. The first-order valence-corrected chi connectivity index (χ1v) is 10.6. The van der Waals surface area contributed by atoms with Crippen LogP contribution in [0.1, 0.15) is 56.4 Å². The summed E-state index contributed by atoms with van der Waals surface area (Å²) in [7, 11) is 0. The molecule has 0 saturated heterocycles. The summed E-state index contributed by atoms with van der Waals surface area (Å²) in [5, 5.41) is 23.9. The number of halogens is 1. The molecule has 0 aliphatic carbocycles. The molecule has 3 rings (SSSR count). The second-order valence-electron chi connectivity index (χ2n) is 8.05. The van der Waals surface area contributed by atoms with Gasteiger partial charge in [-0.3, -0.25) is 9.59 Å². The summed E-state index contributed by atoms with van der Waals surface area (Å²) in [5.74, 6) is -2.00. The van der Waals surface area contributed by atoms with E-state index < -0.39 is 24.3 Å². The van der Waals surface area contributed by atoms with Gasteiger partial charge in [0.15, 0.2) is 0 Å². The fourth-order valence-corrected chi connectivity index (χ4v) is 3.83. The molecule has 0 bridgehead atoms. The second kappa shape index (κ2) is 9.87. The number of ketones is 1. The van der Waals surface area contributed by atoms with E-state index in [0.29, 0.717) is 5.69 Å². The van der Waals surface area contributed by atoms with E-state index in [4.69, 9.17) is 10.2 Å². The van der Waals surface area contributed by atoms with Crippen molar-refractivity contribution in [1.29, 1.82) is 0 Å². The third-order valence-electron chi connectivity index (χ3n) is 5.28. The smallest absolute Gasteiger partial charge is 0.310 e. The van der Waals surface area contributed by atoms with Crippen LogP contribution in [-0.4, -0.2) is 37.7 Å². The second-order valence-corrected chi connectivity index (χ2v) is 8.05. The Kier molecular flexibility index (Phi) is 7.20. The maximum atomic E-state index is 13.6. The van der Waals surface area contributed by atoms with E-state index in [1.165, 1.54) is 18.2 Å². The Balaban J connectivity index is 2.14. The lowest BCUT2D eigenvalue weighted by atomic mass is 9.93. The van der Waals surface area contributed by atoms with Gasteiger partial charge in [-0.1, -0.05) is 32.9 Å². The molecule has 3 aromatic rings. The number of aromatic nitrogens is 2. The van der Waals surface area contributed by atoms with Gasteiger partial charge in [0.1, 0.15) is 18.0 Å². The molecule has 6 nitrogen and oxygen atoms in total. The van der Waals surface area contributed by atoms with Crippen LogP contribution in [-0.2, 0) is 16.0 Å². The SMILES string of the molecule is CCc1ccc2c(C(C)C)c(C=CC(O)CC(=O)CC(=O)O)c(-c3ccc(F)cc3)nn12. The zero-order valence-corrected chi connectivity index (χ0v) is 18.4. The Hall–Kier alpha value is -3.32. The average Bonchev–Trinajstić information content (AvgIpc) is 3.13. The summed E-state index contributed by atoms with van der Waals surface area (Å²) in [6, 6.07) is 10.1. The Morgan fingerprint density at radius 3 is 2.44 bits per heavy atom. The van der Waals surface area contributed by atoms with E-state index in [-0.39, 0.29) is 18.2 Å². The topological polar surface area (TPSA) is 91.9 Å². The number of benzene rings is 1. The Morgan fingerprint density at radius 2 is 1.84 bits per heavy atom. The number of hydrogen-bond donors (Lipinski definition) is 2. The number of Topliss-reactive ketones (excluding diaryl/α,β-unsaturated/α-hetero) is 1. The molecule has 0 saturated carbocycles. The molecule has 168 valence electrons. The van der Waals surface area contributed by atoms with Crippen molar-refractivity contribution in [1.82, 2.24) is 9.61 Å². The largest absolute Gasteiger partial charge is 0.481 e. The van der Waals surface area contributed by atoms with E-state index in [9.17, 15) is 19.1 Å². The van der Waals surface area contributed by atoms with Crippen LogP contribution >= 0.6 is 0 Å². The molecule has 0 aliphatic rings. The number of aliphatic carboxylic acids is 1. The summed E-state index contributed by atoms with van der Waals surface area (Å²) in [6.45, 7) is 6.17. The fourth-order valence-electron chi connectivity index (χ4n) is 3.83. The number of aryl methyl sites for hydroxylation is 1. The number of aliphatic hydroxyl groups excluding tert-OH is 1. The summed E-state index contributed by atoms with van der Waals surface area (Å²) in [6.07, 6.45) is 1.96. The molecule has 0 aliphatic heterocycles. The van der Waals surface area contributed by atoms with E-state index >= 15 is 0 Å². The third kappa shape index (κ3) is 5.11. The van der Waals surface area contributed by atoms with Crippen LogP contribution in [0, 0.1) is 5.82 Å². The molecule has 7 heteroatoms. The lowest BCUT2D eigenvalue weighted by molar-refractivity contribution is -0.140. The summed E-state index contributed by atoms with van der Waals surface area (Å²) in [5.41, 5.74) is 5.12. The number of carboxylic acid groups (broad SMARTS) is 1.